The summed E-state index contributed by atoms with van der Waals surface area (Å²) in [4.78, 5) is 36.8. The molecule has 0 aliphatic heterocycles. The van der Waals surface area contributed by atoms with E-state index in [-0.39, 0.29) is 31.1 Å². The van der Waals surface area contributed by atoms with E-state index < -0.39 is 24.0 Å². The van der Waals surface area contributed by atoms with Crippen LogP contribution in [0.25, 0.3) is 11.1 Å². The average molecular weight is 428 g/mol. The van der Waals surface area contributed by atoms with Crippen LogP contribution in [0, 0.1) is 5.92 Å². The van der Waals surface area contributed by atoms with Gasteiger partial charge in [-0.05, 0) is 34.7 Å². The zero-order chi connectivity index (χ0) is 23.0. The molecule has 0 radical (unpaired) electrons. The fraction of sp³-hybridized carbons (Fsp3) is 0.348. The van der Waals surface area contributed by atoms with Gasteiger partial charge in [0, 0.05) is 19.5 Å². The number of phenolic OH excluding ortho intramolecular Hbond substituents is 1. The molecule has 0 saturated heterocycles. The number of hydrogen-bond acceptors (Lipinski definition) is 4. The molecule has 0 aliphatic carbocycles. The first-order chi connectivity index (χ1) is 14.7. The van der Waals surface area contributed by atoms with Crippen LogP contribution >= 0.6 is 0 Å². The number of carbonyl (C=O) groups is 3. The predicted octanol–water partition coefficient (Wildman–Crippen LogP) is 3.20. The second kappa shape index (κ2) is 11.0. The summed E-state index contributed by atoms with van der Waals surface area (Å²) in [6.45, 7) is 4.04. The Balaban J connectivity index is 2.25. The normalized spacial score (nSPS) is 11.7. The molecule has 31 heavy (non-hydrogen) atoms. The molecule has 1 atom stereocenters. The number of carboxylic acids is 2. The van der Waals surface area contributed by atoms with Gasteiger partial charge in [0.05, 0.1) is 6.42 Å². The fourth-order valence-corrected chi connectivity index (χ4v) is 3.26. The Hall–Kier alpha value is -3.55. The molecule has 0 bridgehead atoms. The third-order valence-corrected chi connectivity index (χ3v) is 4.66. The quantitative estimate of drug-likeness (QED) is 0.460. The maximum absolute atomic E-state index is 12.7. The maximum Gasteiger partial charge on any atom is 0.326 e. The van der Waals surface area contributed by atoms with Crippen molar-refractivity contribution in [3.8, 4) is 16.9 Å². The van der Waals surface area contributed by atoms with Gasteiger partial charge in [-0.3, -0.25) is 4.79 Å². The summed E-state index contributed by atoms with van der Waals surface area (Å²) in [5, 5.41) is 31.1. The number of aliphatic carboxylic acids is 2. The summed E-state index contributed by atoms with van der Waals surface area (Å²) < 4.78 is 0. The van der Waals surface area contributed by atoms with E-state index in [1.807, 2.05) is 44.2 Å². The number of hydrogen-bond donors (Lipinski definition) is 4. The van der Waals surface area contributed by atoms with E-state index in [0.717, 1.165) is 11.1 Å². The van der Waals surface area contributed by atoms with Gasteiger partial charge in [0.15, 0.2) is 0 Å². The number of carboxylic acid groups (broad SMARTS) is 2. The van der Waals surface area contributed by atoms with Gasteiger partial charge in [-0.15, -0.1) is 0 Å². The lowest BCUT2D eigenvalue weighted by Gasteiger charge is -2.26. The Morgan fingerprint density at radius 2 is 1.71 bits per heavy atom. The van der Waals surface area contributed by atoms with Gasteiger partial charge < -0.3 is 25.5 Å². The van der Waals surface area contributed by atoms with Crippen molar-refractivity contribution in [3.63, 3.8) is 0 Å². The minimum absolute atomic E-state index is 0.00645. The number of aromatic hydroxyl groups is 1. The predicted molar refractivity (Wildman–Crippen MR) is 116 cm³/mol. The lowest BCUT2D eigenvalue weighted by molar-refractivity contribution is -0.139. The molecule has 0 aromatic heterocycles. The molecule has 2 aromatic carbocycles. The van der Waals surface area contributed by atoms with Crippen LogP contribution in [0.15, 0.2) is 48.5 Å². The van der Waals surface area contributed by atoms with Crippen LogP contribution in [0.5, 0.6) is 5.75 Å². The number of amides is 2. The van der Waals surface area contributed by atoms with Crippen molar-refractivity contribution in [3.05, 3.63) is 54.1 Å². The van der Waals surface area contributed by atoms with Crippen LogP contribution in [0.2, 0.25) is 0 Å². The Morgan fingerprint density at radius 1 is 1.03 bits per heavy atom. The highest BCUT2D eigenvalue weighted by molar-refractivity contribution is 5.83. The van der Waals surface area contributed by atoms with Crippen LogP contribution in [0.1, 0.15) is 25.8 Å². The Morgan fingerprint density at radius 3 is 2.29 bits per heavy atom. The maximum atomic E-state index is 12.7. The van der Waals surface area contributed by atoms with E-state index in [1.54, 1.807) is 6.07 Å². The standard InChI is InChI=1S/C23H28N2O6/c1-15(2)14-25(11-10-21(27)28)23(31)24-20(22(29)30)13-17-12-18(26)8-9-19(17)16-6-4-3-5-7-16/h3-9,12,15,20,26H,10-11,13-14H2,1-2H3,(H,24,31)(H,27,28)(H,29,30)/t20-/m0/s1. The topological polar surface area (TPSA) is 127 Å². The third-order valence-electron chi connectivity index (χ3n) is 4.66. The Bertz CT molecular complexity index is 914. The van der Waals surface area contributed by atoms with Crippen LogP contribution in [-0.2, 0) is 16.0 Å². The molecule has 0 fully saturated rings. The van der Waals surface area contributed by atoms with Crippen molar-refractivity contribution in [2.45, 2.75) is 32.7 Å². The molecule has 2 aromatic rings. The molecule has 4 N–H and O–H groups in total. The van der Waals surface area contributed by atoms with E-state index in [0.29, 0.717) is 12.1 Å². The van der Waals surface area contributed by atoms with E-state index in [4.69, 9.17) is 5.11 Å². The lowest BCUT2D eigenvalue weighted by atomic mass is 9.95. The van der Waals surface area contributed by atoms with Gasteiger partial charge in [0.2, 0.25) is 0 Å². The van der Waals surface area contributed by atoms with Crippen molar-refractivity contribution < 1.29 is 29.7 Å². The molecule has 0 aliphatic rings. The molecule has 0 spiro atoms. The second-order valence-electron chi connectivity index (χ2n) is 7.74. The Kier molecular flexibility index (Phi) is 8.43. The number of urea groups is 1. The molecule has 2 rings (SSSR count). The largest absolute Gasteiger partial charge is 0.508 e. The highest BCUT2D eigenvalue weighted by atomic mass is 16.4. The van der Waals surface area contributed by atoms with Crippen LogP contribution in [0.4, 0.5) is 4.79 Å². The van der Waals surface area contributed by atoms with Gasteiger partial charge in [-0.2, -0.15) is 0 Å². The molecule has 0 heterocycles. The summed E-state index contributed by atoms with van der Waals surface area (Å²) in [6.07, 6.45) is -0.281. The Labute approximate surface area is 181 Å². The minimum Gasteiger partial charge on any atom is -0.508 e. The molecular weight excluding hydrogens is 400 g/mol. The van der Waals surface area contributed by atoms with E-state index >= 15 is 0 Å². The highest BCUT2D eigenvalue weighted by Crippen LogP contribution is 2.28. The van der Waals surface area contributed by atoms with Crippen molar-refractivity contribution in [1.29, 1.82) is 0 Å². The number of nitrogens with zero attached hydrogens (tertiary/aromatic N) is 1. The first-order valence-electron chi connectivity index (χ1n) is 10.0. The first-order valence-corrected chi connectivity index (χ1v) is 10.0. The summed E-state index contributed by atoms with van der Waals surface area (Å²) >= 11 is 0. The molecule has 2 amide bonds. The number of nitrogens with one attached hydrogen (secondary N) is 1. The van der Waals surface area contributed by atoms with E-state index in [2.05, 4.69) is 5.32 Å². The monoisotopic (exact) mass is 428 g/mol. The summed E-state index contributed by atoms with van der Waals surface area (Å²) in [7, 11) is 0. The highest BCUT2D eigenvalue weighted by Gasteiger charge is 2.25. The molecule has 0 unspecified atom stereocenters. The summed E-state index contributed by atoms with van der Waals surface area (Å²) in [6, 6.07) is 12.2. The molecule has 8 nitrogen and oxygen atoms in total. The number of benzene rings is 2. The summed E-state index contributed by atoms with van der Waals surface area (Å²) in [5.41, 5.74) is 2.18. The van der Waals surface area contributed by atoms with Crippen molar-refractivity contribution in [2.75, 3.05) is 13.1 Å². The smallest absolute Gasteiger partial charge is 0.326 e. The van der Waals surface area contributed by atoms with Crippen LogP contribution < -0.4 is 5.32 Å². The first kappa shape index (κ1) is 23.7. The van der Waals surface area contributed by atoms with Crippen LogP contribution in [0.3, 0.4) is 0 Å². The third kappa shape index (κ3) is 7.33. The van der Waals surface area contributed by atoms with Gasteiger partial charge in [0.1, 0.15) is 11.8 Å². The number of rotatable bonds is 10. The average Bonchev–Trinajstić information content (AvgIpc) is 2.70. The van der Waals surface area contributed by atoms with Gasteiger partial charge in [-0.1, -0.05) is 50.2 Å². The van der Waals surface area contributed by atoms with Crippen molar-refractivity contribution in [2.24, 2.45) is 5.92 Å². The fourth-order valence-electron chi connectivity index (χ4n) is 3.26. The van der Waals surface area contributed by atoms with Crippen molar-refractivity contribution in [1.82, 2.24) is 10.2 Å². The van der Waals surface area contributed by atoms with Gasteiger partial charge in [0.25, 0.3) is 0 Å². The van der Waals surface area contributed by atoms with Gasteiger partial charge >= 0.3 is 18.0 Å². The molecule has 0 saturated carbocycles. The molecule has 8 heteroatoms. The number of phenols is 1. The molecular formula is C23H28N2O6. The zero-order valence-corrected chi connectivity index (χ0v) is 17.6. The zero-order valence-electron chi connectivity index (χ0n) is 17.6. The minimum atomic E-state index is -1.25. The van der Waals surface area contributed by atoms with E-state index in [9.17, 15) is 24.6 Å². The van der Waals surface area contributed by atoms with Crippen molar-refractivity contribution >= 4 is 18.0 Å². The SMILES string of the molecule is CC(C)CN(CCC(=O)O)C(=O)N[C@@H](Cc1cc(O)ccc1-c1ccccc1)C(=O)O. The molecule has 166 valence electrons. The number of carbonyl (C=O) groups excluding carboxylic acids is 1. The lowest BCUT2D eigenvalue weighted by Crippen LogP contribution is -2.50. The van der Waals surface area contributed by atoms with Gasteiger partial charge in [-0.25, -0.2) is 9.59 Å². The van der Waals surface area contributed by atoms with Crippen LogP contribution in [-0.4, -0.2) is 57.3 Å². The van der Waals surface area contributed by atoms with E-state index in [1.165, 1.54) is 17.0 Å². The summed E-state index contributed by atoms with van der Waals surface area (Å²) in [5.74, 6) is -2.19. The second-order valence-corrected chi connectivity index (χ2v) is 7.74.